The van der Waals surface area contributed by atoms with Gasteiger partial charge in [-0.15, -0.1) is 0 Å². The molecule has 5 heteroatoms. The molecule has 0 atom stereocenters. The summed E-state index contributed by atoms with van der Waals surface area (Å²) in [6, 6.07) is 7.36. The van der Waals surface area contributed by atoms with Crippen LogP contribution in [0.2, 0.25) is 0 Å². The summed E-state index contributed by atoms with van der Waals surface area (Å²) >= 11 is 0. The van der Waals surface area contributed by atoms with Crippen molar-refractivity contribution < 1.29 is 8.42 Å². The molecule has 4 nitrogen and oxygen atoms in total. The Morgan fingerprint density at radius 1 is 1.24 bits per heavy atom. The Balaban J connectivity index is 2.18. The van der Waals surface area contributed by atoms with Crippen molar-refractivity contribution in [2.24, 2.45) is 5.92 Å². The molecule has 1 aromatic rings. The molecule has 0 aromatic heterocycles. The van der Waals surface area contributed by atoms with Crippen LogP contribution in [0.25, 0.3) is 0 Å². The first-order valence-corrected chi connectivity index (χ1v) is 9.10. The summed E-state index contributed by atoms with van der Waals surface area (Å²) in [6.45, 7) is 2.92. The van der Waals surface area contributed by atoms with E-state index < -0.39 is 10.0 Å². The lowest BCUT2D eigenvalue weighted by Gasteiger charge is -2.32. The molecule has 0 amide bonds. The fraction of sp³-hybridized carbons (Fsp3) is 0.625. The van der Waals surface area contributed by atoms with Gasteiger partial charge in [0.2, 0.25) is 10.0 Å². The third-order valence-corrected chi connectivity index (χ3v) is 6.36. The topological polar surface area (TPSA) is 49.4 Å². The molecule has 1 saturated carbocycles. The van der Waals surface area contributed by atoms with E-state index in [-0.39, 0.29) is 6.04 Å². The zero-order chi connectivity index (χ0) is 15.5. The summed E-state index contributed by atoms with van der Waals surface area (Å²) in [5.41, 5.74) is 0.990. The smallest absolute Gasteiger partial charge is 0.243 e. The SMILES string of the molecule is CNCc1cccc(S(=O)(=O)N(C)C2CCC(C)CC2)c1. The van der Waals surface area contributed by atoms with E-state index in [1.807, 2.05) is 19.2 Å². The van der Waals surface area contributed by atoms with Gasteiger partial charge in [-0.1, -0.05) is 19.1 Å². The van der Waals surface area contributed by atoms with Crippen molar-refractivity contribution in [3.63, 3.8) is 0 Å². The van der Waals surface area contributed by atoms with E-state index in [1.165, 1.54) is 0 Å². The molecule has 0 radical (unpaired) electrons. The van der Waals surface area contributed by atoms with Crippen LogP contribution in [0.4, 0.5) is 0 Å². The van der Waals surface area contributed by atoms with E-state index in [1.54, 1.807) is 23.5 Å². The van der Waals surface area contributed by atoms with Gasteiger partial charge in [-0.25, -0.2) is 8.42 Å². The molecule has 0 unspecified atom stereocenters. The Hall–Kier alpha value is -0.910. The molecular weight excluding hydrogens is 284 g/mol. The molecule has 0 bridgehead atoms. The molecule has 1 aliphatic carbocycles. The number of nitrogens with one attached hydrogen (secondary N) is 1. The molecule has 2 rings (SSSR count). The molecular formula is C16H26N2O2S. The van der Waals surface area contributed by atoms with Crippen molar-refractivity contribution in [1.82, 2.24) is 9.62 Å². The van der Waals surface area contributed by atoms with Gasteiger partial charge in [0.05, 0.1) is 4.90 Å². The van der Waals surface area contributed by atoms with Crippen LogP contribution < -0.4 is 5.32 Å². The minimum Gasteiger partial charge on any atom is -0.316 e. The number of benzene rings is 1. The molecule has 118 valence electrons. The van der Waals surface area contributed by atoms with Gasteiger partial charge in [0, 0.05) is 19.6 Å². The number of rotatable bonds is 5. The Kier molecular flexibility index (Phi) is 5.41. The first-order valence-electron chi connectivity index (χ1n) is 7.66. The van der Waals surface area contributed by atoms with E-state index >= 15 is 0 Å². The highest BCUT2D eigenvalue weighted by molar-refractivity contribution is 7.89. The fourth-order valence-corrected chi connectivity index (χ4v) is 4.48. The Bertz CT molecular complexity index is 563. The number of hydrogen-bond acceptors (Lipinski definition) is 3. The quantitative estimate of drug-likeness (QED) is 0.909. The van der Waals surface area contributed by atoms with Gasteiger partial charge in [-0.2, -0.15) is 4.31 Å². The van der Waals surface area contributed by atoms with E-state index in [0.717, 1.165) is 37.2 Å². The van der Waals surface area contributed by atoms with Crippen LogP contribution in [0.5, 0.6) is 0 Å². The van der Waals surface area contributed by atoms with Crippen LogP contribution in [-0.2, 0) is 16.6 Å². The summed E-state index contributed by atoms with van der Waals surface area (Å²) in [4.78, 5) is 0.399. The number of nitrogens with zero attached hydrogens (tertiary/aromatic N) is 1. The summed E-state index contributed by atoms with van der Waals surface area (Å²) in [5, 5.41) is 3.05. The first-order chi connectivity index (χ1) is 9.95. The van der Waals surface area contributed by atoms with Crippen LogP contribution in [0.1, 0.15) is 38.2 Å². The molecule has 21 heavy (non-hydrogen) atoms. The third kappa shape index (κ3) is 3.84. The zero-order valence-corrected chi connectivity index (χ0v) is 14.0. The maximum atomic E-state index is 12.8. The van der Waals surface area contributed by atoms with Crippen LogP contribution in [0, 0.1) is 5.92 Å². The van der Waals surface area contributed by atoms with Gasteiger partial charge in [-0.05, 0) is 56.3 Å². The lowest BCUT2D eigenvalue weighted by Crippen LogP contribution is -2.39. The highest BCUT2D eigenvalue weighted by atomic mass is 32.2. The summed E-state index contributed by atoms with van der Waals surface area (Å²) in [6.07, 6.45) is 4.16. The lowest BCUT2D eigenvalue weighted by molar-refractivity contribution is 0.246. The largest absolute Gasteiger partial charge is 0.316 e. The van der Waals surface area contributed by atoms with Crippen LogP contribution >= 0.6 is 0 Å². The molecule has 0 spiro atoms. The van der Waals surface area contributed by atoms with Gasteiger partial charge in [-0.3, -0.25) is 0 Å². The molecule has 1 aromatic carbocycles. The minimum atomic E-state index is -3.39. The monoisotopic (exact) mass is 310 g/mol. The van der Waals surface area contributed by atoms with E-state index in [9.17, 15) is 8.42 Å². The van der Waals surface area contributed by atoms with Crippen molar-refractivity contribution in [2.75, 3.05) is 14.1 Å². The van der Waals surface area contributed by atoms with Gasteiger partial charge in [0.25, 0.3) is 0 Å². The van der Waals surface area contributed by atoms with Crippen molar-refractivity contribution >= 4 is 10.0 Å². The van der Waals surface area contributed by atoms with Crippen LogP contribution in [0.3, 0.4) is 0 Å². The molecule has 0 saturated heterocycles. The van der Waals surface area contributed by atoms with E-state index in [2.05, 4.69) is 12.2 Å². The fourth-order valence-electron chi connectivity index (χ4n) is 2.99. The van der Waals surface area contributed by atoms with Crippen molar-refractivity contribution in [1.29, 1.82) is 0 Å². The zero-order valence-electron chi connectivity index (χ0n) is 13.2. The lowest BCUT2D eigenvalue weighted by atomic mass is 9.87. The predicted molar refractivity (Wildman–Crippen MR) is 85.6 cm³/mol. The first kappa shape index (κ1) is 16.5. The molecule has 1 aliphatic rings. The maximum absolute atomic E-state index is 12.8. The summed E-state index contributed by atoms with van der Waals surface area (Å²) in [7, 11) is 0.189. The second kappa shape index (κ2) is 6.90. The van der Waals surface area contributed by atoms with Crippen LogP contribution in [0.15, 0.2) is 29.2 Å². The van der Waals surface area contributed by atoms with Gasteiger partial charge < -0.3 is 5.32 Å². The second-order valence-corrected chi connectivity index (χ2v) is 8.11. The summed E-state index contributed by atoms with van der Waals surface area (Å²) < 4.78 is 27.1. The standard InChI is InChI=1S/C16H26N2O2S/c1-13-7-9-15(10-8-13)18(3)21(19,20)16-6-4-5-14(11-16)12-17-2/h4-6,11,13,15,17H,7-10,12H2,1-3H3. The highest BCUT2D eigenvalue weighted by Crippen LogP contribution is 2.29. The number of sulfonamides is 1. The Morgan fingerprint density at radius 2 is 1.90 bits per heavy atom. The molecule has 0 heterocycles. The number of hydrogen-bond donors (Lipinski definition) is 1. The minimum absolute atomic E-state index is 0.138. The normalized spacial score (nSPS) is 23.4. The third-order valence-electron chi connectivity index (χ3n) is 4.46. The molecule has 0 aliphatic heterocycles. The summed E-state index contributed by atoms with van der Waals surface area (Å²) in [5.74, 6) is 0.719. The van der Waals surface area contributed by atoms with Crippen molar-refractivity contribution in [3.8, 4) is 0 Å². The van der Waals surface area contributed by atoms with Gasteiger partial charge >= 0.3 is 0 Å². The van der Waals surface area contributed by atoms with Crippen molar-refractivity contribution in [3.05, 3.63) is 29.8 Å². The maximum Gasteiger partial charge on any atom is 0.243 e. The highest BCUT2D eigenvalue weighted by Gasteiger charge is 2.30. The predicted octanol–water partition coefficient (Wildman–Crippen LogP) is 2.61. The second-order valence-electron chi connectivity index (χ2n) is 6.11. The van der Waals surface area contributed by atoms with E-state index in [4.69, 9.17) is 0 Å². The van der Waals surface area contributed by atoms with Crippen molar-refractivity contribution in [2.45, 2.75) is 50.1 Å². The van der Waals surface area contributed by atoms with Gasteiger partial charge in [0.15, 0.2) is 0 Å². The van der Waals surface area contributed by atoms with Crippen LogP contribution in [-0.4, -0.2) is 32.9 Å². The van der Waals surface area contributed by atoms with Gasteiger partial charge in [0.1, 0.15) is 0 Å². The van der Waals surface area contributed by atoms with E-state index in [0.29, 0.717) is 11.4 Å². The Morgan fingerprint density at radius 3 is 2.52 bits per heavy atom. The average Bonchev–Trinajstić information content (AvgIpc) is 2.48. The molecule has 1 N–H and O–H groups in total. The average molecular weight is 310 g/mol. The molecule has 1 fully saturated rings. The Labute approximate surface area is 128 Å².